The molecule has 0 radical (unpaired) electrons. The van der Waals surface area contributed by atoms with Crippen LogP contribution in [0.4, 0.5) is 0 Å². The van der Waals surface area contributed by atoms with Crippen LogP contribution in [-0.4, -0.2) is 15.2 Å². The number of nitrogens with one attached hydrogen (secondary N) is 1. The summed E-state index contributed by atoms with van der Waals surface area (Å²) < 4.78 is 5.96. The molecule has 2 heterocycles. The van der Waals surface area contributed by atoms with Crippen molar-refractivity contribution < 1.29 is 4.74 Å². The van der Waals surface area contributed by atoms with E-state index in [1.807, 2.05) is 73.7 Å². The van der Waals surface area contributed by atoms with Crippen LogP contribution < -0.4 is 4.74 Å². The average molecular weight is 391 g/mol. The summed E-state index contributed by atoms with van der Waals surface area (Å²) >= 11 is 0. The molecule has 5 aromatic rings. The highest BCUT2D eigenvalue weighted by atomic mass is 16.5. The Morgan fingerprint density at radius 1 is 0.767 bits per heavy atom. The predicted octanol–water partition coefficient (Wildman–Crippen LogP) is 6.18. The molecule has 0 atom stereocenters. The quantitative estimate of drug-likeness (QED) is 0.389. The number of hydrogen-bond acceptors (Lipinski definition) is 3. The van der Waals surface area contributed by atoms with Gasteiger partial charge >= 0.3 is 0 Å². The first-order valence-corrected chi connectivity index (χ1v) is 9.96. The van der Waals surface area contributed by atoms with Gasteiger partial charge in [0.15, 0.2) is 0 Å². The summed E-state index contributed by atoms with van der Waals surface area (Å²) in [5.41, 5.74) is 7.23. The molecular weight excluding hydrogens is 370 g/mol. The van der Waals surface area contributed by atoms with Crippen LogP contribution in [0.15, 0.2) is 91.0 Å². The molecule has 0 saturated carbocycles. The maximum absolute atomic E-state index is 5.96. The SMILES string of the molecule is Cc1[nH]nc(-c2ccc(OCc3ccc4ccccc4n3)cc2)c1-c1ccccc1. The number of nitrogens with zero attached hydrogens (tertiary/aromatic N) is 2. The van der Waals surface area contributed by atoms with Gasteiger partial charge in [-0.2, -0.15) is 5.10 Å². The van der Waals surface area contributed by atoms with Crippen molar-refractivity contribution in [2.75, 3.05) is 0 Å². The normalized spacial score (nSPS) is 11.0. The molecule has 5 rings (SSSR count). The van der Waals surface area contributed by atoms with Gasteiger partial charge in [0.05, 0.1) is 11.2 Å². The highest BCUT2D eigenvalue weighted by Crippen LogP contribution is 2.33. The largest absolute Gasteiger partial charge is 0.487 e. The van der Waals surface area contributed by atoms with E-state index in [4.69, 9.17) is 4.74 Å². The molecule has 0 fully saturated rings. The lowest BCUT2D eigenvalue weighted by Crippen LogP contribution is -1.98. The maximum atomic E-state index is 5.96. The van der Waals surface area contributed by atoms with Gasteiger partial charge in [-0.25, -0.2) is 4.98 Å². The summed E-state index contributed by atoms with van der Waals surface area (Å²) in [6.45, 7) is 2.48. The first-order chi connectivity index (χ1) is 14.8. The van der Waals surface area contributed by atoms with Crippen LogP contribution in [0.25, 0.3) is 33.3 Å². The van der Waals surface area contributed by atoms with Crippen molar-refractivity contribution in [1.29, 1.82) is 0 Å². The van der Waals surface area contributed by atoms with Crippen molar-refractivity contribution in [3.05, 3.63) is 102 Å². The minimum Gasteiger partial charge on any atom is -0.487 e. The number of rotatable bonds is 5. The molecule has 0 saturated heterocycles. The molecule has 0 aliphatic rings. The lowest BCUT2D eigenvalue weighted by Gasteiger charge is -2.08. The van der Waals surface area contributed by atoms with E-state index in [9.17, 15) is 0 Å². The first-order valence-electron chi connectivity index (χ1n) is 9.96. The molecule has 0 amide bonds. The van der Waals surface area contributed by atoms with Gasteiger partial charge in [0.2, 0.25) is 0 Å². The fourth-order valence-corrected chi connectivity index (χ4v) is 3.65. The second kappa shape index (κ2) is 7.84. The van der Waals surface area contributed by atoms with Gasteiger partial charge in [0.1, 0.15) is 18.1 Å². The zero-order valence-electron chi connectivity index (χ0n) is 16.7. The van der Waals surface area contributed by atoms with E-state index in [-0.39, 0.29) is 0 Å². The third-order valence-corrected chi connectivity index (χ3v) is 5.18. The van der Waals surface area contributed by atoms with Crippen LogP contribution in [0, 0.1) is 6.92 Å². The Labute approximate surface area is 175 Å². The number of aromatic nitrogens is 3. The Balaban J connectivity index is 1.35. The van der Waals surface area contributed by atoms with Crippen molar-refractivity contribution in [3.8, 4) is 28.1 Å². The van der Waals surface area contributed by atoms with E-state index in [1.54, 1.807) is 0 Å². The van der Waals surface area contributed by atoms with Crippen LogP contribution in [0.5, 0.6) is 5.75 Å². The Bertz CT molecular complexity index is 1290. The Morgan fingerprint density at radius 3 is 2.37 bits per heavy atom. The van der Waals surface area contributed by atoms with Gasteiger partial charge < -0.3 is 4.74 Å². The number of para-hydroxylation sites is 1. The molecule has 146 valence electrons. The number of pyridine rings is 1. The maximum Gasteiger partial charge on any atom is 0.130 e. The molecule has 30 heavy (non-hydrogen) atoms. The van der Waals surface area contributed by atoms with E-state index >= 15 is 0 Å². The molecule has 4 nitrogen and oxygen atoms in total. The number of fused-ring (bicyclic) bond motifs is 1. The van der Waals surface area contributed by atoms with Gasteiger partial charge in [0.25, 0.3) is 0 Å². The Morgan fingerprint density at radius 2 is 1.53 bits per heavy atom. The number of H-pyrrole nitrogens is 1. The fraction of sp³-hybridized carbons (Fsp3) is 0.0769. The van der Waals surface area contributed by atoms with Gasteiger partial charge in [-0.05, 0) is 48.9 Å². The summed E-state index contributed by atoms with van der Waals surface area (Å²) in [6, 6.07) is 30.6. The number of aromatic amines is 1. The zero-order valence-corrected chi connectivity index (χ0v) is 16.7. The predicted molar refractivity (Wildman–Crippen MR) is 120 cm³/mol. The van der Waals surface area contributed by atoms with Crippen molar-refractivity contribution in [1.82, 2.24) is 15.2 Å². The molecule has 0 unspecified atom stereocenters. The summed E-state index contributed by atoms with van der Waals surface area (Å²) in [5, 5.41) is 8.79. The van der Waals surface area contributed by atoms with Crippen molar-refractivity contribution in [2.45, 2.75) is 13.5 Å². The number of aryl methyl sites for hydroxylation is 1. The second-order valence-corrected chi connectivity index (χ2v) is 7.25. The van der Waals surface area contributed by atoms with Crippen LogP contribution in [0.2, 0.25) is 0 Å². The van der Waals surface area contributed by atoms with Gasteiger partial charge in [-0.3, -0.25) is 5.10 Å². The van der Waals surface area contributed by atoms with E-state index in [0.717, 1.165) is 50.4 Å². The van der Waals surface area contributed by atoms with E-state index in [2.05, 4.69) is 39.4 Å². The summed E-state index contributed by atoms with van der Waals surface area (Å²) in [4.78, 5) is 4.66. The van der Waals surface area contributed by atoms with Crippen molar-refractivity contribution >= 4 is 10.9 Å². The van der Waals surface area contributed by atoms with Gasteiger partial charge in [0, 0.05) is 22.2 Å². The standard InChI is InChI=1S/C26H21N3O/c1-18-25(20-8-3-2-4-9-20)26(29-28-18)21-12-15-23(16-13-21)30-17-22-14-11-19-7-5-6-10-24(19)27-22/h2-16H,17H2,1H3,(H,28,29). The summed E-state index contributed by atoms with van der Waals surface area (Å²) in [7, 11) is 0. The number of hydrogen-bond donors (Lipinski definition) is 1. The van der Waals surface area contributed by atoms with Gasteiger partial charge in [-0.1, -0.05) is 54.6 Å². The van der Waals surface area contributed by atoms with Crippen LogP contribution >= 0.6 is 0 Å². The molecule has 0 bridgehead atoms. The highest BCUT2D eigenvalue weighted by Gasteiger charge is 2.14. The molecular formula is C26H21N3O. The smallest absolute Gasteiger partial charge is 0.130 e. The number of ether oxygens (including phenoxy) is 1. The third kappa shape index (κ3) is 3.55. The third-order valence-electron chi connectivity index (χ3n) is 5.18. The minimum atomic E-state index is 0.432. The Kier molecular flexibility index (Phi) is 4.74. The monoisotopic (exact) mass is 391 g/mol. The van der Waals surface area contributed by atoms with Crippen molar-refractivity contribution in [2.24, 2.45) is 0 Å². The van der Waals surface area contributed by atoms with E-state index in [1.165, 1.54) is 0 Å². The van der Waals surface area contributed by atoms with Crippen LogP contribution in [-0.2, 0) is 6.61 Å². The molecule has 2 aromatic heterocycles. The first kappa shape index (κ1) is 18.1. The van der Waals surface area contributed by atoms with E-state index < -0.39 is 0 Å². The fourth-order valence-electron chi connectivity index (χ4n) is 3.65. The van der Waals surface area contributed by atoms with Crippen LogP contribution in [0.1, 0.15) is 11.4 Å². The minimum absolute atomic E-state index is 0.432. The van der Waals surface area contributed by atoms with Crippen molar-refractivity contribution in [3.63, 3.8) is 0 Å². The topological polar surface area (TPSA) is 50.8 Å². The summed E-state index contributed by atoms with van der Waals surface area (Å²) in [6.07, 6.45) is 0. The molecule has 0 aliphatic carbocycles. The highest BCUT2D eigenvalue weighted by molar-refractivity contribution is 5.82. The number of benzene rings is 3. The molecule has 0 spiro atoms. The zero-order chi connectivity index (χ0) is 20.3. The van der Waals surface area contributed by atoms with Crippen LogP contribution in [0.3, 0.4) is 0 Å². The summed E-state index contributed by atoms with van der Waals surface area (Å²) in [5.74, 6) is 0.808. The lowest BCUT2D eigenvalue weighted by molar-refractivity contribution is 0.302. The lowest BCUT2D eigenvalue weighted by atomic mass is 9.99. The molecule has 4 heteroatoms. The second-order valence-electron chi connectivity index (χ2n) is 7.25. The molecule has 0 aliphatic heterocycles. The van der Waals surface area contributed by atoms with Gasteiger partial charge in [-0.15, -0.1) is 0 Å². The van der Waals surface area contributed by atoms with E-state index in [0.29, 0.717) is 6.61 Å². The average Bonchev–Trinajstić information content (AvgIpc) is 3.20. The Hall–Kier alpha value is -3.92. The molecule has 1 N–H and O–H groups in total. The molecule has 3 aromatic carbocycles.